The second-order valence-corrected chi connectivity index (χ2v) is 5.07. The first kappa shape index (κ1) is 16.1. The molecule has 22 heavy (non-hydrogen) atoms. The second kappa shape index (κ2) is 6.25. The van der Waals surface area contributed by atoms with E-state index in [1.54, 1.807) is 0 Å². The molecule has 0 aliphatic heterocycles. The Morgan fingerprint density at radius 3 is 2.50 bits per heavy atom. The summed E-state index contributed by atoms with van der Waals surface area (Å²) >= 11 is 12.1. The third-order valence-corrected chi connectivity index (χ3v) is 3.64. The number of carbonyl (C=O) groups is 2. The molecule has 0 fully saturated rings. The van der Waals surface area contributed by atoms with Gasteiger partial charge in [0.05, 0.1) is 22.8 Å². The third kappa shape index (κ3) is 2.86. The van der Waals surface area contributed by atoms with Gasteiger partial charge in [-0.3, -0.25) is 19.6 Å². The third-order valence-electron chi connectivity index (χ3n) is 2.93. The minimum absolute atomic E-state index is 0.0355. The molecule has 0 bridgehead atoms. The average molecular weight is 344 g/mol. The number of ketones is 1. The van der Waals surface area contributed by atoms with Crippen molar-refractivity contribution in [3.05, 3.63) is 49.9 Å². The van der Waals surface area contributed by atoms with Crippen LogP contribution in [0, 0.1) is 0 Å². The van der Waals surface area contributed by atoms with Gasteiger partial charge in [0.2, 0.25) is 5.78 Å². The SMILES string of the molecule is COC(=O)Nc1c(Cl)ccc(C(=O)c2c[nH]n(C)c2=O)c1Cl. The summed E-state index contributed by atoms with van der Waals surface area (Å²) in [6.07, 6.45) is 0.495. The molecule has 7 nitrogen and oxygen atoms in total. The smallest absolute Gasteiger partial charge is 0.411 e. The number of aryl methyl sites for hydroxylation is 1. The molecule has 1 heterocycles. The van der Waals surface area contributed by atoms with Crippen LogP contribution in [0.5, 0.6) is 0 Å². The zero-order valence-corrected chi connectivity index (χ0v) is 13.1. The molecule has 1 aromatic heterocycles. The molecule has 2 N–H and O–H groups in total. The molecule has 1 aromatic carbocycles. The van der Waals surface area contributed by atoms with Crippen LogP contribution in [-0.4, -0.2) is 28.8 Å². The molecule has 0 saturated heterocycles. The molecular weight excluding hydrogens is 333 g/mol. The van der Waals surface area contributed by atoms with E-state index in [0.29, 0.717) is 0 Å². The fourth-order valence-corrected chi connectivity index (χ4v) is 2.32. The van der Waals surface area contributed by atoms with Crippen molar-refractivity contribution in [2.75, 3.05) is 12.4 Å². The Labute approximate surface area is 134 Å². The summed E-state index contributed by atoms with van der Waals surface area (Å²) < 4.78 is 5.62. The van der Waals surface area contributed by atoms with Crippen molar-refractivity contribution in [2.24, 2.45) is 7.05 Å². The molecular formula is C13H11Cl2N3O4. The number of aromatic nitrogens is 2. The van der Waals surface area contributed by atoms with Gasteiger partial charge in [-0.05, 0) is 12.1 Å². The molecule has 1 amide bonds. The standard InChI is InChI=1S/C13H11Cl2N3O4/c1-18-12(20)7(5-16-18)11(19)6-3-4-8(14)10(9(6)15)17-13(21)22-2/h3-5,16H,1-2H3,(H,17,21). The van der Waals surface area contributed by atoms with Crippen molar-refractivity contribution in [1.82, 2.24) is 9.78 Å². The van der Waals surface area contributed by atoms with Gasteiger partial charge in [-0.1, -0.05) is 23.2 Å². The fourth-order valence-electron chi connectivity index (χ4n) is 1.77. The monoisotopic (exact) mass is 343 g/mol. The van der Waals surface area contributed by atoms with Crippen LogP contribution in [0.1, 0.15) is 15.9 Å². The molecule has 0 aliphatic rings. The highest BCUT2D eigenvalue weighted by atomic mass is 35.5. The summed E-state index contributed by atoms with van der Waals surface area (Å²) in [6.45, 7) is 0. The Bertz CT molecular complexity index is 810. The van der Waals surface area contributed by atoms with Gasteiger partial charge in [-0.15, -0.1) is 0 Å². The van der Waals surface area contributed by atoms with E-state index in [0.717, 1.165) is 4.68 Å². The average Bonchev–Trinajstić information content (AvgIpc) is 2.82. The van der Waals surface area contributed by atoms with E-state index in [1.165, 1.54) is 32.5 Å². The topological polar surface area (TPSA) is 93.2 Å². The first-order valence-corrected chi connectivity index (χ1v) is 6.74. The van der Waals surface area contributed by atoms with E-state index >= 15 is 0 Å². The highest BCUT2D eigenvalue weighted by Gasteiger charge is 2.22. The number of anilines is 1. The lowest BCUT2D eigenvalue weighted by atomic mass is 10.1. The van der Waals surface area contributed by atoms with Crippen LogP contribution in [0.25, 0.3) is 0 Å². The molecule has 2 aromatic rings. The first-order valence-electron chi connectivity index (χ1n) is 5.99. The van der Waals surface area contributed by atoms with Crippen LogP contribution >= 0.6 is 23.2 Å². The van der Waals surface area contributed by atoms with E-state index in [-0.39, 0.29) is 26.9 Å². The maximum absolute atomic E-state index is 12.4. The zero-order chi connectivity index (χ0) is 16.4. The minimum atomic E-state index is -0.786. The number of methoxy groups -OCH3 is 1. The summed E-state index contributed by atoms with van der Waals surface area (Å²) in [5.41, 5.74) is -0.489. The van der Waals surface area contributed by atoms with Crippen molar-refractivity contribution >= 4 is 40.8 Å². The summed E-state index contributed by atoms with van der Waals surface area (Å²) in [4.78, 5) is 35.5. The van der Waals surface area contributed by atoms with Crippen LogP contribution in [0.15, 0.2) is 23.1 Å². The first-order chi connectivity index (χ1) is 10.4. The zero-order valence-electron chi connectivity index (χ0n) is 11.6. The van der Waals surface area contributed by atoms with Crippen LogP contribution < -0.4 is 10.9 Å². The number of ether oxygens (including phenoxy) is 1. The largest absolute Gasteiger partial charge is 0.453 e. The molecule has 116 valence electrons. The number of halogens is 2. The van der Waals surface area contributed by atoms with Crippen molar-refractivity contribution in [1.29, 1.82) is 0 Å². The van der Waals surface area contributed by atoms with Gasteiger partial charge in [0.1, 0.15) is 5.56 Å². The van der Waals surface area contributed by atoms with Crippen LogP contribution in [0.3, 0.4) is 0 Å². The van der Waals surface area contributed by atoms with Gasteiger partial charge in [0.25, 0.3) is 5.56 Å². The van der Waals surface area contributed by atoms with Crippen LogP contribution in [-0.2, 0) is 11.8 Å². The van der Waals surface area contributed by atoms with Crippen molar-refractivity contribution in [2.45, 2.75) is 0 Å². The molecule has 0 spiro atoms. The van der Waals surface area contributed by atoms with Crippen molar-refractivity contribution in [3.8, 4) is 0 Å². The predicted octanol–water partition coefficient (Wildman–Crippen LogP) is 2.43. The van der Waals surface area contributed by atoms with Gasteiger partial charge in [0.15, 0.2) is 0 Å². The number of hydrogen-bond acceptors (Lipinski definition) is 4. The Morgan fingerprint density at radius 1 is 1.27 bits per heavy atom. The molecule has 0 atom stereocenters. The Morgan fingerprint density at radius 2 is 1.95 bits per heavy atom. The van der Waals surface area contributed by atoms with E-state index in [9.17, 15) is 14.4 Å². The lowest BCUT2D eigenvalue weighted by molar-refractivity contribution is 0.103. The lowest BCUT2D eigenvalue weighted by Gasteiger charge is -2.11. The minimum Gasteiger partial charge on any atom is -0.453 e. The Hall–Kier alpha value is -2.25. The molecule has 0 unspecified atom stereocenters. The number of nitrogens with one attached hydrogen (secondary N) is 2. The number of H-pyrrole nitrogens is 1. The van der Waals surface area contributed by atoms with Crippen LogP contribution in [0.4, 0.5) is 10.5 Å². The Balaban J connectivity index is 2.50. The van der Waals surface area contributed by atoms with Crippen molar-refractivity contribution < 1.29 is 14.3 Å². The molecule has 9 heteroatoms. The second-order valence-electron chi connectivity index (χ2n) is 4.28. The predicted molar refractivity (Wildman–Crippen MR) is 82.0 cm³/mol. The maximum Gasteiger partial charge on any atom is 0.411 e. The summed E-state index contributed by atoms with van der Waals surface area (Å²) in [5, 5.41) is 4.98. The van der Waals surface area contributed by atoms with E-state index < -0.39 is 17.4 Å². The van der Waals surface area contributed by atoms with E-state index in [1.807, 2.05) is 0 Å². The molecule has 0 aliphatic carbocycles. The number of amides is 1. The number of rotatable bonds is 3. The van der Waals surface area contributed by atoms with Gasteiger partial charge in [0, 0.05) is 18.8 Å². The summed E-state index contributed by atoms with van der Waals surface area (Å²) in [6, 6.07) is 2.77. The van der Waals surface area contributed by atoms with E-state index in [2.05, 4.69) is 15.2 Å². The van der Waals surface area contributed by atoms with Crippen molar-refractivity contribution in [3.63, 3.8) is 0 Å². The van der Waals surface area contributed by atoms with Gasteiger partial charge in [-0.25, -0.2) is 4.79 Å². The quantitative estimate of drug-likeness (QED) is 0.837. The highest BCUT2D eigenvalue weighted by Crippen LogP contribution is 2.34. The normalized spacial score (nSPS) is 10.4. The maximum atomic E-state index is 12.4. The number of aromatic amines is 1. The summed E-state index contributed by atoms with van der Waals surface area (Å²) in [5.74, 6) is -0.587. The van der Waals surface area contributed by atoms with E-state index in [4.69, 9.17) is 23.2 Å². The summed E-state index contributed by atoms with van der Waals surface area (Å²) in [7, 11) is 2.66. The highest BCUT2D eigenvalue weighted by molar-refractivity contribution is 6.42. The van der Waals surface area contributed by atoms with Crippen LogP contribution in [0.2, 0.25) is 10.0 Å². The number of hydrogen-bond donors (Lipinski definition) is 2. The number of nitrogens with zero attached hydrogens (tertiary/aromatic N) is 1. The molecule has 0 saturated carbocycles. The van der Waals surface area contributed by atoms with Gasteiger partial charge < -0.3 is 9.84 Å². The van der Waals surface area contributed by atoms with Gasteiger partial charge in [-0.2, -0.15) is 0 Å². The van der Waals surface area contributed by atoms with Gasteiger partial charge >= 0.3 is 6.09 Å². The number of carbonyl (C=O) groups excluding carboxylic acids is 2. The number of benzene rings is 1. The Kier molecular flexibility index (Phi) is 4.58. The molecule has 0 radical (unpaired) electrons. The lowest BCUT2D eigenvalue weighted by Crippen LogP contribution is -2.20. The molecule has 2 rings (SSSR count). The fraction of sp³-hybridized carbons (Fsp3) is 0.154.